The molecule has 0 radical (unpaired) electrons. The first-order valence-electron chi connectivity index (χ1n) is 12.9. The fourth-order valence-corrected chi connectivity index (χ4v) is 5.45. The van der Waals surface area contributed by atoms with Gasteiger partial charge in [-0.25, -0.2) is 0 Å². The Kier molecular flexibility index (Phi) is 7.08. The summed E-state index contributed by atoms with van der Waals surface area (Å²) in [4.78, 5) is 20.0. The summed E-state index contributed by atoms with van der Waals surface area (Å²) < 4.78 is 19.5. The molecule has 1 aromatic carbocycles. The number of aryl methyl sites for hydroxylation is 1. The van der Waals surface area contributed by atoms with Crippen LogP contribution >= 0.6 is 11.6 Å². The van der Waals surface area contributed by atoms with Crippen molar-refractivity contribution in [3.63, 3.8) is 0 Å². The van der Waals surface area contributed by atoms with Gasteiger partial charge in [0.2, 0.25) is 5.89 Å². The fraction of sp³-hybridized carbons (Fsp3) is 0.560. The third kappa shape index (κ3) is 5.63. The first-order chi connectivity index (χ1) is 18.1. The summed E-state index contributed by atoms with van der Waals surface area (Å²) in [6.07, 6.45) is 6.99. The zero-order valence-corrected chi connectivity index (χ0v) is 21.3. The number of hydrogen-bond donors (Lipinski definition) is 1. The van der Waals surface area contributed by atoms with E-state index >= 15 is 0 Å². The number of carbonyl (C=O) groups excluding carboxylic acids is 1. The van der Waals surface area contributed by atoms with Crippen LogP contribution in [-0.4, -0.2) is 67.8 Å². The summed E-state index contributed by atoms with van der Waals surface area (Å²) in [6.45, 7) is 3.12. The van der Waals surface area contributed by atoms with Crippen LogP contribution in [0.2, 0.25) is 5.02 Å². The predicted octanol–water partition coefficient (Wildman–Crippen LogP) is 2.95. The highest BCUT2D eigenvalue weighted by atomic mass is 35.5. The van der Waals surface area contributed by atoms with Gasteiger partial charge in [-0.15, -0.1) is 5.10 Å². The highest BCUT2D eigenvalue weighted by Crippen LogP contribution is 2.33. The lowest BCUT2D eigenvalue weighted by molar-refractivity contribution is 0.0292. The molecule has 3 aliphatic rings. The zero-order chi connectivity index (χ0) is 25.2. The normalized spacial score (nSPS) is 23.5. The molecular formula is C25H30ClN7O4. The van der Waals surface area contributed by atoms with E-state index in [-0.39, 0.29) is 18.1 Å². The molecule has 1 N–H and O–H groups in total. The summed E-state index contributed by atoms with van der Waals surface area (Å²) in [5, 5.41) is 16.2. The molecule has 37 heavy (non-hydrogen) atoms. The molecule has 3 aromatic rings. The second-order valence-corrected chi connectivity index (χ2v) is 10.4. The standard InChI is InChI=1S/C25H30ClN7O4/c26-19-7-6-17-10-21(19)35-9-3-8-33-11-18(29-31-33)15-36-22-13-32(12-20(22)27-24(17)34)14-23-28-25(37-30-23)16-4-1-2-5-16/h6-7,10-11,16,20,22H,1-5,8-9,12-15H2,(H,27,34)/t20-,22-/m0/s1. The van der Waals surface area contributed by atoms with E-state index in [4.69, 9.17) is 25.6 Å². The van der Waals surface area contributed by atoms with Gasteiger partial charge in [-0.3, -0.25) is 14.4 Å². The number of nitrogens with zero attached hydrogens (tertiary/aromatic N) is 6. The number of rotatable bonds is 3. The lowest BCUT2D eigenvalue weighted by Gasteiger charge is -2.20. The maximum Gasteiger partial charge on any atom is 0.251 e. The highest BCUT2D eigenvalue weighted by molar-refractivity contribution is 6.32. The lowest BCUT2D eigenvalue weighted by Crippen LogP contribution is -2.44. The maximum absolute atomic E-state index is 13.2. The Morgan fingerprint density at radius 1 is 1.16 bits per heavy atom. The molecule has 4 bridgehead atoms. The molecule has 1 aliphatic carbocycles. The van der Waals surface area contributed by atoms with Crippen molar-refractivity contribution in [2.24, 2.45) is 0 Å². The number of aromatic nitrogens is 5. The molecule has 2 fully saturated rings. The number of ether oxygens (including phenoxy) is 2. The van der Waals surface area contributed by atoms with Gasteiger partial charge in [-0.05, 0) is 31.0 Å². The van der Waals surface area contributed by atoms with Crippen LogP contribution in [0, 0.1) is 0 Å². The van der Waals surface area contributed by atoms with Crippen molar-refractivity contribution in [2.75, 3.05) is 19.7 Å². The molecule has 1 saturated carbocycles. The van der Waals surface area contributed by atoms with Crippen LogP contribution in [0.3, 0.4) is 0 Å². The van der Waals surface area contributed by atoms with Gasteiger partial charge >= 0.3 is 0 Å². The van der Waals surface area contributed by atoms with Crippen LogP contribution in [-0.2, 0) is 24.4 Å². The van der Waals surface area contributed by atoms with Crippen LogP contribution in [0.4, 0.5) is 0 Å². The van der Waals surface area contributed by atoms with Crippen molar-refractivity contribution in [1.29, 1.82) is 0 Å². The number of hydrogen-bond acceptors (Lipinski definition) is 9. The topological polar surface area (TPSA) is 120 Å². The second-order valence-electron chi connectivity index (χ2n) is 9.97. The maximum atomic E-state index is 13.2. The number of amides is 1. The third-order valence-electron chi connectivity index (χ3n) is 7.23. The molecule has 0 unspecified atom stereocenters. The SMILES string of the molecule is O=C1N[C@H]2CN(Cc3noc(C4CCCC4)n3)C[C@@H]2OCc2cn(nn2)CCCOc2cc1ccc2Cl. The van der Waals surface area contributed by atoms with Gasteiger partial charge in [0.05, 0.1) is 43.1 Å². The Morgan fingerprint density at radius 3 is 2.95 bits per heavy atom. The molecule has 2 aromatic heterocycles. The number of fused-ring (bicyclic) bond motifs is 5. The minimum absolute atomic E-state index is 0.205. The van der Waals surface area contributed by atoms with E-state index in [1.807, 2.05) is 6.20 Å². The molecule has 196 valence electrons. The molecule has 11 nitrogen and oxygen atoms in total. The Balaban J connectivity index is 1.19. The Morgan fingerprint density at radius 2 is 2.05 bits per heavy atom. The molecule has 6 rings (SSSR count). The Bertz CT molecular complexity index is 1240. The number of nitrogens with one attached hydrogen (secondary N) is 1. The van der Waals surface area contributed by atoms with E-state index < -0.39 is 0 Å². The van der Waals surface area contributed by atoms with Crippen LogP contribution in [0.25, 0.3) is 0 Å². The predicted molar refractivity (Wildman–Crippen MR) is 132 cm³/mol. The van der Waals surface area contributed by atoms with Gasteiger partial charge < -0.3 is 19.3 Å². The highest BCUT2D eigenvalue weighted by Gasteiger charge is 2.36. The van der Waals surface area contributed by atoms with E-state index in [1.54, 1.807) is 22.9 Å². The zero-order valence-electron chi connectivity index (χ0n) is 20.5. The van der Waals surface area contributed by atoms with Gasteiger partial charge in [0.25, 0.3) is 5.91 Å². The quantitative estimate of drug-likeness (QED) is 0.548. The van der Waals surface area contributed by atoms with Crippen molar-refractivity contribution < 1.29 is 18.8 Å². The number of likely N-dealkylation sites (tertiary alicyclic amines) is 1. The average Bonchev–Trinajstić information content (AvgIpc) is 3.69. The molecule has 1 saturated heterocycles. The third-order valence-corrected chi connectivity index (χ3v) is 7.54. The van der Waals surface area contributed by atoms with E-state index in [1.165, 1.54) is 12.8 Å². The number of halogens is 1. The van der Waals surface area contributed by atoms with E-state index in [0.717, 1.165) is 24.4 Å². The van der Waals surface area contributed by atoms with Crippen LogP contribution < -0.4 is 10.1 Å². The lowest BCUT2D eigenvalue weighted by atomic mass is 10.1. The van der Waals surface area contributed by atoms with Gasteiger partial charge in [-0.1, -0.05) is 34.8 Å². The minimum atomic E-state index is -0.244. The molecule has 1 amide bonds. The summed E-state index contributed by atoms with van der Waals surface area (Å²) in [5.41, 5.74) is 1.23. The van der Waals surface area contributed by atoms with Crippen molar-refractivity contribution >= 4 is 17.5 Å². The summed E-state index contributed by atoms with van der Waals surface area (Å²) in [6, 6.07) is 4.83. The first kappa shape index (κ1) is 24.3. The molecular weight excluding hydrogens is 498 g/mol. The van der Waals surface area contributed by atoms with E-state index in [2.05, 4.69) is 30.7 Å². The molecule has 12 heteroatoms. The van der Waals surface area contributed by atoms with E-state index in [9.17, 15) is 4.79 Å². The van der Waals surface area contributed by atoms with Crippen LogP contribution in [0.15, 0.2) is 28.9 Å². The fourth-order valence-electron chi connectivity index (χ4n) is 5.28. The average molecular weight is 528 g/mol. The smallest absolute Gasteiger partial charge is 0.251 e. The van der Waals surface area contributed by atoms with Crippen molar-refractivity contribution in [1.82, 2.24) is 35.4 Å². The largest absolute Gasteiger partial charge is 0.492 e. The monoisotopic (exact) mass is 527 g/mol. The summed E-state index contributed by atoms with van der Waals surface area (Å²) in [7, 11) is 0. The first-order valence-corrected chi connectivity index (χ1v) is 13.3. The van der Waals surface area contributed by atoms with Gasteiger partial charge in [0, 0.05) is 37.5 Å². The second kappa shape index (κ2) is 10.8. The van der Waals surface area contributed by atoms with Crippen molar-refractivity contribution in [2.45, 2.75) is 69.9 Å². The Hall–Kier alpha value is -3.02. The summed E-state index contributed by atoms with van der Waals surface area (Å²) >= 11 is 6.31. The van der Waals surface area contributed by atoms with Crippen molar-refractivity contribution in [3.05, 3.63) is 52.4 Å². The Labute approximate surface area is 219 Å². The van der Waals surface area contributed by atoms with Gasteiger partial charge in [-0.2, -0.15) is 4.98 Å². The van der Waals surface area contributed by atoms with Crippen molar-refractivity contribution in [3.8, 4) is 5.75 Å². The molecule has 2 atom stereocenters. The van der Waals surface area contributed by atoms with Gasteiger partial charge in [0.15, 0.2) is 5.82 Å². The molecule has 2 aliphatic heterocycles. The minimum Gasteiger partial charge on any atom is -0.492 e. The van der Waals surface area contributed by atoms with E-state index in [0.29, 0.717) is 73.9 Å². The molecule has 0 spiro atoms. The number of carbonyl (C=O) groups is 1. The molecule has 4 heterocycles. The number of benzene rings is 1. The van der Waals surface area contributed by atoms with Crippen LogP contribution in [0.1, 0.15) is 65.8 Å². The van der Waals surface area contributed by atoms with Crippen LogP contribution in [0.5, 0.6) is 5.75 Å². The summed E-state index contributed by atoms with van der Waals surface area (Å²) in [5.74, 6) is 2.06. The van der Waals surface area contributed by atoms with Gasteiger partial charge in [0.1, 0.15) is 11.4 Å².